The lowest BCUT2D eigenvalue weighted by Crippen LogP contribution is -2.51. The standard InChI is InChI=1S/C25H27BrN6OS/c1-2-18-22(26)21-23(28-18)29-25(30-24(21)32-13-15(33)14-32)34-16-6-7-17-19(12-16)27-9-8-20(17)31-10-4-3-5-11-31/h6-9,12,15,33H,2-5,10-11,13-14H2,1H3,(H,28,29,30). The Labute approximate surface area is 211 Å². The van der Waals surface area contributed by atoms with Gasteiger partial charge in [-0.25, -0.2) is 9.97 Å². The Bertz CT molecular complexity index is 1360. The number of anilines is 2. The summed E-state index contributed by atoms with van der Waals surface area (Å²) < 4.78 is 1.01. The summed E-state index contributed by atoms with van der Waals surface area (Å²) >= 11 is 5.29. The number of β-amino-alcohol motifs (C(OH)–C–C–N with tert-alkyl or cyclic N) is 1. The van der Waals surface area contributed by atoms with E-state index in [9.17, 15) is 5.11 Å². The van der Waals surface area contributed by atoms with Crippen molar-refractivity contribution in [2.45, 2.75) is 48.8 Å². The maximum Gasteiger partial charge on any atom is 0.196 e. The number of pyridine rings is 1. The smallest absolute Gasteiger partial charge is 0.196 e. The van der Waals surface area contributed by atoms with E-state index in [1.54, 1.807) is 11.8 Å². The van der Waals surface area contributed by atoms with Crippen LogP contribution in [0, 0.1) is 0 Å². The number of nitrogens with one attached hydrogen (secondary N) is 1. The minimum absolute atomic E-state index is 0.301. The molecular weight excluding hydrogens is 512 g/mol. The second-order valence-electron chi connectivity index (χ2n) is 9.04. The molecule has 0 amide bonds. The van der Waals surface area contributed by atoms with Crippen molar-refractivity contribution in [3.05, 3.63) is 40.6 Å². The van der Waals surface area contributed by atoms with E-state index in [4.69, 9.17) is 9.97 Å². The Kier molecular flexibility index (Phi) is 5.87. The van der Waals surface area contributed by atoms with Gasteiger partial charge in [-0.1, -0.05) is 6.92 Å². The first-order chi connectivity index (χ1) is 16.6. The minimum atomic E-state index is -0.301. The van der Waals surface area contributed by atoms with Gasteiger partial charge in [-0.3, -0.25) is 4.98 Å². The fourth-order valence-electron chi connectivity index (χ4n) is 4.91. The summed E-state index contributed by atoms with van der Waals surface area (Å²) in [7, 11) is 0. The molecule has 0 atom stereocenters. The van der Waals surface area contributed by atoms with Crippen molar-refractivity contribution >= 4 is 61.1 Å². The van der Waals surface area contributed by atoms with Gasteiger partial charge in [-0.05, 0) is 77.6 Å². The highest BCUT2D eigenvalue weighted by atomic mass is 79.9. The van der Waals surface area contributed by atoms with Crippen molar-refractivity contribution in [1.82, 2.24) is 19.9 Å². The Morgan fingerprint density at radius 3 is 2.71 bits per heavy atom. The van der Waals surface area contributed by atoms with Gasteiger partial charge >= 0.3 is 0 Å². The number of fused-ring (bicyclic) bond motifs is 2. The SMILES string of the molecule is CCc1[nH]c2nc(Sc3ccc4c(N5CCCCC5)ccnc4c3)nc(N3CC(O)C3)c2c1Br. The fraction of sp³-hybridized carbons (Fsp3) is 0.400. The molecule has 0 bridgehead atoms. The number of piperidine rings is 1. The molecule has 34 heavy (non-hydrogen) atoms. The van der Waals surface area contributed by atoms with Crippen molar-refractivity contribution < 1.29 is 5.11 Å². The summed E-state index contributed by atoms with van der Waals surface area (Å²) in [5, 5.41) is 12.7. The number of H-pyrrole nitrogens is 1. The number of aryl methyl sites for hydroxylation is 1. The molecular formula is C25H27BrN6OS. The molecule has 3 aromatic heterocycles. The maximum atomic E-state index is 9.87. The number of nitrogens with zero attached hydrogens (tertiary/aromatic N) is 5. The summed E-state index contributed by atoms with van der Waals surface area (Å²) in [6.45, 7) is 5.53. The van der Waals surface area contributed by atoms with E-state index in [0.717, 1.165) is 56.9 Å². The van der Waals surface area contributed by atoms with E-state index in [1.165, 1.54) is 30.3 Å². The molecule has 2 fully saturated rings. The number of aliphatic hydroxyl groups excluding tert-OH is 1. The normalized spacial score (nSPS) is 17.0. The van der Waals surface area contributed by atoms with Crippen LogP contribution in [0.25, 0.3) is 21.9 Å². The van der Waals surface area contributed by atoms with Crippen molar-refractivity contribution in [3.63, 3.8) is 0 Å². The van der Waals surface area contributed by atoms with Gasteiger partial charge in [0, 0.05) is 54.0 Å². The number of halogens is 1. The molecule has 9 heteroatoms. The summed E-state index contributed by atoms with van der Waals surface area (Å²) in [5.41, 5.74) is 4.20. The fourth-order valence-corrected chi connectivity index (χ4v) is 6.44. The lowest BCUT2D eigenvalue weighted by atomic mass is 10.1. The van der Waals surface area contributed by atoms with Crippen molar-refractivity contribution in [2.75, 3.05) is 36.0 Å². The average Bonchev–Trinajstić information content (AvgIpc) is 3.17. The number of hydrogen-bond acceptors (Lipinski definition) is 7. The van der Waals surface area contributed by atoms with Crippen LogP contribution >= 0.6 is 27.7 Å². The number of rotatable bonds is 5. The van der Waals surface area contributed by atoms with E-state index in [2.05, 4.69) is 66.9 Å². The third kappa shape index (κ3) is 3.93. The number of aromatic amines is 1. The van der Waals surface area contributed by atoms with Crippen LogP contribution in [-0.2, 0) is 6.42 Å². The zero-order chi connectivity index (χ0) is 23.2. The molecule has 2 aliphatic heterocycles. The number of aromatic nitrogens is 4. The lowest BCUT2D eigenvalue weighted by molar-refractivity contribution is 0.141. The van der Waals surface area contributed by atoms with Gasteiger partial charge in [0.25, 0.3) is 0 Å². The molecule has 0 aliphatic carbocycles. The first-order valence-corrected chi connectivity index (χ1v) is 13.5. The van der Waals surface area contributed by atoms with Crippen LogP contribution in [0.3, 0.4) is 0 Å². The van der Waals surface area contributed by atoms with Gasteiger partial charge in [-0.2, -0.15) is 0 Å². The Morgan fingerprint density at radius 2 is 1.94 bits per heavy atom. The Morgan fingerprint density at radius 1 is 1.12 bits per heavy atom. The van der Waals surface area contributed by atoms with Gasteiger partial charge in [0.1, 0.15) is 11.5 Å². The highest BCUT2D eigenvalue weighted by Crippen LogP contribution is 2.39. The van der Waals surface area contributed by atoms with Gasteiger partial charge in [0.2, 0.25) is 0 Å². The number of aliphatic hydroxyl groups is 1. The van der Waals surface area contributed by atoms with Gasteiger partial charge in [0.05, 0.1) is 21.5 Å². The third-order valence-electron chi connectivity index (χ3n) is 6.74. The van der Waals surface area contributed by atoms with E-state index in [1.807, 2.05) is 6.20 Å². The lowest BCUT2D eigenvalue weighted by Gasteiger charge is -2.37. The van der Waals surface area contributed by atoms with Gasteiger partial charge in [0.15, 0.2) is 5.16 Å². The molecule has 4 aromatic rings. The van der Waals surface area contributed by atoms with Crippen LogP contribution in [0.2, 0.25) is 0 Å². The van der Waals surface area contributed by atoms with Crippen molar-refractivity contribution in [2.24, 2.45) is 0 Å². The highest BCUT2D eigenvalue weighted by molar-refractivity contribution is 9.10. The van der Waals surface area contributed by atoms with E-state index < -0.39 is 0 Å². The third-order valence-corrected chi connectivity index (χ3v) is 8.47. The number of benzene rings is 1. The topological polar surface area (TPSA) is 81.2 Å². The molecule has 1 aromatic carbocycles. The van der Waals surface area contributed by atoms with Crippen molar-refractivity contribution in [3.8, 4) is 0 Å². The molecule has 2 saturated heterocycles. The molecule has 0 unspecified atom stereocenters. The molecule has 176 valence electrons. The summed E-state index contributed by atoms with van der Waals surface area (Å²) in [4.78, 5) is 23.5. The minimum Gasteiger partial charge on any atom is -0.389 e. The van der Waals surface area contributed by atoms with E-state index in [0.29, 0.717) is 18.2 Å². The summed E-state index contributed by atoms with van der Waals surface area (Å²) in [6.07, 6.45) is 6.31. The van der Waals surface area contributed by atoms with Gasteiger partial charge in [-0.15, -0.1) is 0 Å². The quantitative estimate of drug-likeness (QED) is 0.340. The average molecular weight is 540 g/mol. The Hall–Kier alpha value is -2.36. The van der Waals surface area contributed by atoms with E-state index >= 15 is 0 Å². The summed E-state index contributed by atoms with van der Waals surface area (Å²) in [6, 6.07) is 8.60. The number of hydrogen-bond donors (Lipinski definition) is 2. The Balaban J connectivity index is 1.36. The predicted molar refractivity (Wildman–Crippen MR) is 141 cm³/mol. The molecule has 2 N–H and O–H groups in total. The maximum absolute atomic E-state index is 9.87. The van der Waals surface area contributed by atoms with Crippen LogP contribution in [0.1, 0.15) is 31.9 Å². The van der Waals surface area contributed by atoms with Crippen LogP contribution in [-0.4, -0.2) is 57.3 Å². The van der Waals surface area contributed by atoms with Crippen LogP contribution in [0.5, 0.6) is 0 Å². The van der Waals surface area contributed by atoms with Crippen molar-refractivity contribution in [1.29, 1.82) is 0 Å². The predicted octanol–water partition coefficient (Wildman–Crippen LogP) is 5.15. The summed E-state index contributed by atoms with van der Waals surface area (Å²) in [5.74, 6) is 0.868. The zero-order valence-corrected chi connectivity index (χ0v) is 21.5. The monoisotopic (exact) mass is 538 g/mol. The molecule has 6 rings (SSSR count). The molecule has 0 spiro atoms. The second kappa shape index (κ2) is 9.02. The first-order valence-electron chi connectivity index (χ1n) is 11.9. The van der Waals surface area contributed by atoms with Gasteiger partial charge < -0.3 is 19.9 Å². The second-order valence-corrected chi connectivity index (χ2v) is 10.9. The molecule has 7 nitrogen and oxygen atoms in total. The van der Waals surface area contributed by atoms with Crippen LogP contribution < -0.4 is 9.80 Å². The van der Waals surface area contributed by atoms with Crippen LogP contribution in [0.15, 0.2) is 45.0 Å². The van der Waals surface area contributed by atoms with Crippen LogP contribution in [0.4, 0.5) is 11.5 Å². The largest absolute Gasteiger partial charge is 0.389 e. The molecule has 0 radical (unpaired) electrons. The first kappa shape index (κ1) is 22.1. The molecule has 0 saturated carbocycles. The highest BCUT2D eigenvalue weighted by Gasteiger charge is 2.29. The zero-order valence-electron chi connectivity index (χ0n) is 19.1. The van der Waals surface area contributed by atoms with E-state index in [-0.39, 0.29) is 6.10 Å². The molecule has 5 heterocycles. The molecule has 2 aliphatic rings.